The average molecular weight is 427 g/mol. The molecule has 1 atom stereocenters. The molecule has 27 heavy (non-hydrogen) atoms. The van der Waals surface area contributed by atoms with Gasteiger partial charge in [0, 0.05) is 29.4 Å². The van der Waals surface area contributed by atoms with E-state index in [0.29, 0.717) is 34.1 Å². The summed E-state index contributed by atoms with van der Waals surface area (Å²) in [5.41, 5.74) is 6.06. The molecule has 144 valence electrons. The van der Waals surface area contributed by atoms with E-state index in [-0.39, 0.29) is 17.0 Å². The summed E-state index contributed by atoms with van der Waals surface area (Å²) in [5, 5.41) is 1.56. The summed E-state index contributed by atoms with van der Waals surface area (Å²) in [6.45, 7) is 2.83. The first-order valence-corrected chi connectivity index (χ1v) is 10.4. The highest BCUT2D eigenvalue weighted by Crippen LogP contribution is 2.39. The van der Waals surface area contributed by atoms with E-state index < -0.39 is 0 Å². The Kier molecular flexibility index (Phi) is 5.40. The molecule has 2 aromatic rings. The van der Waals surface area contributed by atoms with Crippen LogP contribution in [-0.2, 0) is 4.74 Å². The van der Waals surface area contributed by atoms with Crippen molar-refractivity contribution in [2.45, 2.75) is 28.8 Å². The monoisotopic (exact) mass is 426 g/mol. The SMILES string of the molecule is N[C@@H]1COCC12CCN(c1ncc(Sc3cccc(Cl)c3Cl)[nH]c1=O)CC2. The molecular weight excluding hydrogens is 407 g/mol. The lowest BCUT2D eigenvalue weighted by molar-refractivity contribution is 0.131. The molecule has 3 heterocycles. The van der Waals surface area contributed by atoms with Crippen LogP contribution in [0.25, 0.3) is 0 Å². The quantitative estimate of drug-likeness (QED) is 0.783. The van der Waals surface area contributed by atoms with Crippen molar-refractivity contribution in [2.24, 2.45) is 11.1 Å². The Balaban J connectivity index is 1.48. The van der Waals surface area contributed by atoms with E-state index >= 15 is 0 Å². The number of ether oxygens (including phenoxy) is 1. The Morgan fingerprint density at radius 1 is 1.33 bits per heavy atom. The van der Waals surface area contributed by atoms with Crippen LogP contribution in [0.15, 0.2) is 39.1 Å². The van der Waals surface area contributed by atoms with Crippen LogP contribution in [0.5, 0.6) is 0 Å². The summed E-state index contributed by atoms with van der Waals surface area (Å²) >= 11 is 13.6. The molecule has 0 saturated carbocycles. The van der Waals surface area contributed by atoms with Crippen molar-refractivity contribution < 1.29 is 4.74 Å². The molecule has 1 spiro atoms. The second kappa shape index (κ2) is 7.64. The number of benzene rings is 1. The minimum atomic E-state index is -0.207. The fourth-order valence-corrected chi connectivity index (χ4v) is 4.99. The number of aromatic nitrogens is 2. The number of rotatable bonds is 3. The number of hydrogen-bond donors (Lipinski definition) is 2. The van der Waals surface area contributed by atoms with Crippen molar-refractivity contribution in [3.05, 3.63) is 44.8 Å². The molecule has 0 amide bonds. The van der Waals surface area contributed by atoms with E-state index in [2.05, 4.69) is 9.97 Å². The number of halogens is 2. The normalized spacial score (nSPS) is 21.7. The largest absolute Gasteiger partial charge is 0.379 e. The van der Waals surface area contributed by atoms with Crippen LogP contribution in [0.1, 0.15) is 12.8 Å². The molecule has 6 nitrogen and oxygen atoms in total. The van der Waals surface area contributed by atoms with Gasteiger partial charge in [-0.25, -0.2) is 4.98 Å². The van der Waals surface area contributed by atoms with E-state index in [0.717, 1.165) is 30.8 Å². The highest BCUT2D eigenvalue weighted by Gasteiger charge is 2.44. The highest BCUT2D eigenvalue weighted by molar-refractivity contribution is 7.99. The number of hydrogen-bond acceptors (Lipinski definition) is 6. The molecule has 4 rings (SSSR count). The van der Waals surface area contributed by atoms with Gasteiger partial charge < -0.3 is 20.4 Å². The molecule has 1 aromatic heterocycles. The number of piperidine rings is 1. The molecule has 3 N–H and O–H groups in total. The van der Waals surface area contributed by atoms with Gasteiger partial charge >= 0.3 is 0 Å². The Morgan fingerprint density at radius 2 is 2.11 bits per heavy atom. The molecule has 1 aromatic carbocycles. The molecule has 0 bridgehead atoms. The third-order valence-corrected chi connectivity index (χ3v) is 7.33. The summed E-state index contributed by atoms with van der Waals surface area (Å²) in [6, 6.07) is 5.47. The zero-order valence-electron chi connectivity index (χ0n) is 14.6. The maximum absolute atomic E-state index is 12.6. The smallest absolute Gasteiger partial charge is 0.291 e. The number of anilines is 1. The van der Waals surface area contributed by atoms with Crippen molar-refractivity contribution in [3.8, 4) is 0 Å². The van der Waals surface area contributed by atoms with Gasteiger partial charge in [-0.05, 0) is 25.0 Å². The van der Waals surface area contributed by atoms with Crippen molar-refractivity contribution >= 4 is 40.8 Å². The van der Waals surface area contributed by atoms with E-state index in [1.54, 1.807) is 12.3 Å². The summed E-state index contributed by atoms with van der Waals surface area (Å²) < 4.78 is 5.56. The van der Waals surface area contributed by atoms with Gasteiger partial charge in [0.15, 0.2) is 5.82 Å². The second-order valence-corrected chi connectivity index (χ2v) is 8.89. The van der Waals surface area contributed by atoms with Gasteiger partial charge in [-0.1, -0.05) is 41.0 Å². The predicted molar refractivity (Wildman–Crippen MR) is 108 cm³/mol. The molecule has 2 aliphatic heterocycles. The van der Waals surface area contributed by atoms with Gasteiger partial charge in [-0.2, -0.15) is 0 Å². The first-order chi connectivity index (χ1) is 13.0. The summed E-state index contributed by atoms with van der Waals surface area (Å²) in [7, 11) is 0. The molecule has 0 unspecified atom stereocenters. The molecule has 0 radical (unpaired) electrons. The van der Waals surface area contributed by atoms with Gasteiger partial charge in [0.05, 0.1) is 34.5 Å². The molecule has 2 aliphatic rings. The van der Waals surface area contributed by atoms with Crippen molar-refractivity contribution in [1.82, 2.24) is 9.97 Å². The average Bonchev–Trinajstić information content (AvgIpc) is 3.00. The van der Waals surface area contributed by atoms with Crippen LogP contribution in [0, 0.1) is 5.41 Å². The van der Waals surface area contributed by atoms with Gasteiger partial charge in [-0.15, -0.1) is 0 Å². The van der Waals surface area contributed by atoms with E-state index in [1.165, 1.54) is 11.8 Å². The lowest BCUT2D eigenvalue weighted by Gasteiger charge is -2.40. The van der Waals surface area contributed by atoms with Crippen molar-refractivity contribution in [3.63, 3.8) is 0 Å². The minimum absolute atomic E-state index is 0.0440. The lowest BCUT2D eigenvalue weighted by atomic mass is 9.75. The Morgan fingerprint density at radius 3 is 2.78 bits per heavy atom. The number of H-pyrrole nitrogens is 1. The number of nitrogens with two attached hydrogens (primary N) is 1. The second-order valence-electron chi connectivity index (χ2n) is 7.03. The summed E-state index contributed by atoms with van der Waals surface area (Å²) in [6.07, 6.45) is 3.47. The van der Waals surface area contributed by atoms with E-state index in [1.807, 2.05) is 17.0 Å². The van der Waals surface area contributed by atoms with Gasteiger partial charge in [0.1, 0.15) is 0 Å². The summed E-state index contributed by atoms with van der Waals surface area (Å²) in [4.78, 5) is 22.7. The molecule has 9 heteroatoms. The lowest BCUT2D eigenvalue weighted by Crippen LogP contribution is -2.50. The Bertz CT molecular complexity index is 899. The zero-order valence-corrected chi connectivity index (χ0v) is 16.9. The maximum Gasteiger partial charge on any atom is 0.291 e. The van der Waals surface area contributed by atoms with Gasteiger partial charge in [0.2, 0.25) is 0 Å². The number of aromatic amines is 1. The Labute approximate surface area is 171 Å². The molecule has 0 aliphatic carbocycles. The van der Waals surface area contributed by atoms with E-state index in [4.69, 9.17) is 33.7 Å². The fraction of sp³-hybridized carbons (Fsp3) is 0.444. The minimum Gasteiger partial charge on any atom is -0.379 e. The van der Waals surface area contributed by atoms with Crippen molar-refractivity contribution in [2.75, 3.05) is 31.2 Å². The fourth-order valence-electron chi connectivity index (χ4n) is 3.69. The van der Waals surface area contributed by atoms with Crippen LogP contribution in [0.4, 0.5) is 5.82 Å². The third-order valence-electron chi connectivity index (χ3n) is 5.41. The topological polar surface area (TPSA) is 84.2 Å². The first-order valence-electron chi connectivity index (χ1n) is 8.78. The Hall–Kier alpha value is -1.25. The molecule has 2 saturated heterocycles. The van der Waals surface area contributed by atoms with Crippen LogP contribution >= 0.6 is 35.0 Å². The number of nitrogens with one attached hydrogen (secondary N) is 1. The van der Waals surface area contributed by atoms with Crippen LogP contribution in [-0.4, -0.2) is 42.3 Å². The van der Waals surface area contributed by atoms with Gasteiger partial charge in [0.25, 0.3) is 5.56 Å². The summed E-state index contributed by atoms with van der Waals surface area (Å²) in [5.74, 6) is 0.443. The standard InChI is InChI=1S/C18H20Cl2N4O2S/c19-11-2-1-3-12(15(11)20)27-14-8-22-16(17(25)23-14)24-6-4-18(5-7-24)10-26-9-13(18)21/h1-3,8,13H,4-7,9-10,21H2,(H,23,25)/t13-/m1/s1. The maximum atomic E-state index is 12.6. The predicted octanol–water partition coefficient (Wildman–Crippen LogP) is 3.17. The zero-order chi connectivity index (χ0) is 19.0. The van der Waals surface area contributed by atoms with Crippen LogP contribution in [0.3, 0.4) is 0 Å². The number of nitrogens with zero attached hydrogens (tertiary/aromatic N) is 2. The first kappa shape index (κ1) is 19.1. The van der Waals surface area contributed by atoms with Crippen LogP contribution in [0.2, 0.25) is 10.0 Å². The van der Waals surface area contributed by atoms with Crippen molar-refractivity contribution in [1.29, 1.82) is 0 Å². The van der Waals surface area contributed by atoms with E-state index in [9.17, 15) is 4.79 Å². The van der Waals surface area contributed by atoms with Crippen LogP contribution < -0.4 is 16.2 Å². The van der Waals surface area contributed by atoms with Gasteiger partial charge in [-0.3, -0.25) is 4.79 Å². The third kappa shape index (κ3) is 3.71. The highest BCUT2D eigenvalue weighted by atomic mass is 35.5. The molecular formula is C18H20Cl2N4O2S. The molecule has 2 fully saturated rings.